The van der Waals surface area contributed by atoms with E-state index in [4.69, 9.17) is 4.74 Å². The van der Waals surface area contributed by atoms with Crippen molar-refractivity contribution in [3.63, 3.8) is 0 Å². The van der Waals surface area contributed by atoms with Gasteiger partial charge in [-0.1, -0.05) is 6.92 Å². The van der Waals surface area contributed by atoms with Crippen LogP contribution in [0.2, 0.25) is 0 Å². The zero-order valence-electron chi connectivity index (χ0n) is 14.8. The maximum Gasteiger partial charge on any atom is 0.237 e. The first-order chi connectivity index (χ1) is 12.0. The summed E-state index contributed by atoms with van der Waals surface area (Å²) in [4.78, 5) is 28.3. The molecule has 0 bridgehead atoms. The Bertz CT molecular complexity index is 579. The van der Waals surface area contributed by atoms with Gasteiger partial charge in [0.15, 0.2) is 0 Å². The van der Waals surface area contributed by atoms with Gasteiger partial charge >= 0.3 is 0 Å². The third kappa shape index (κ3) is 5.42. The predicted octanol–water partition coefficient (Wildman–Crippen LogP) is 1.26. The number of benzene rings is 1. The van der Waals surface area contributed by atoms with E-state index in [1.807, 2.05) is 18.7 Å². The van der Waals surface area contributed by atoms with Gasteiger partial charge in [-0.2, -0.15) is 0 Å². The lowest BCUT2D eigenvalue weighted by Gasteiger charge is -2.34. The molecule has 25 heavy (non-hydrogen) atoms. The lowest BCUT2D eigenvalue weighted by Crippen LogP contribution is -2.56. The minimum Gasteiger partial charge on any atom is -0.492 e. The molecule has 1 aliphatic rings. The highest BCUT2D eigenvalue weighted by Crippen LogP contribution is 2.12. The molecule has 1 N–H and O–H groups in total. The van der Waals surface area contributed by atoms with Gasteiger partial charge in [-0.05, 0) is 37.7 Å². The molecule has 0 radical (unpaired) electrons. The Morgan fingerprint density at radius 1 is 1.36 bits per heavy atom. The first-order valence-corrected chi connectivity index (χ1v) is 8.73. The fraction of sp³-hybridized carbons (Fsp3) is 0.556. The number of carbonyl (C=O) groups excluding carboxylic acids is 2. The molecule has 1 aromatic carbocycles. The van der Waals surface area contributed by atoms with Crippen molar-refractivity contribution in [3.05, 3.63) is 30.1 Å². The largest absolute Gasteiger partial charge is 0.492 e. The van der Waals surface area contributed by atoms with E-state index >= 15 is 0 Å². The minimum atomic E-state index is -0.404. The molecule has 1 fully saturated rings. The summed E-state index contributed by atoms with van der Waals surface area (Å²) < 4.78 is 18.4. The fourth-order valence-electron chi connectivity index (χ4n) is 2.92. The van der Waals surface area contributed by atoms with Gasteiger partial charge in [0.05, 0.1) is 19.0 Å². The number of carbonyl (C=O) groups is 2. The van der Waals surface area contributed by atoms with Crippen molar-refractivity contribution in [1.29, 1.82) is 0 Å². The molecule has 1 atom stereocenters. The summed E-state index contributed by atoms with van der Waals surface area (Å²) in [6, 6.07) is 5.37. The number of ether oxygens (including phenoxy) is 1. The van der Waals surface area contributed by atoms with Crippen LogP contribution in [0.5, 0.6) is 5.75 Å². The highest BCUT2D eigenvalue weighted by atomic mass is 19.1. The monoisotopic (exact) mass is 351 g/mol. The zero-order valence-corrected chi connectivity index (χ0v) is 14.8. The number of hydrogen-bond donors (Lipinski definition) is 1. The molecule has 1 aromatic rings. The molecule has 0 aliphatic carbocycles. The molecule has 1 saturated heterocycles. The number of likely N-dealkylation sites (N-methyl/N-ethyl adjacent to an activating group) is 2. The lowest BCUT2D eigenvalue weighted by molar-refractivity contribution is -0.138. The van der Waals surface area contributed by atoms with Gasteiger partial charge in [0.25, 0.3) is 0 Å². The summed E-state index contributed by atoms with van der Waals surface area (Å²) in [6.07, 6.45) is 0.171. The highest BCUT2D eigenvalue weighted by molar-refractivity contribution is 5.88. The van der Waals surface area contributed by atoms with Crippen molar-refractivity contribution in [2.75, 3.05) is 39.3 Å². The van der Waals surface area contributed by atoms with Gasteiger partial charge in [-0.25, -0.2) is 4.39 Å². The van der Waals surface area contributed by atoms with E-state index < -0.39 is 6.04 Å². The average molecular weight is 351 g/mol. The van der Waals surface area contributed by atoms with Crippen LogP contribution in [0.4, 0.5) is 4.39 Å². The Morgan fingerprint density at radius 3 is 2.72 bits per heavy atom. The van der Waals surface area contributed by atoms with E-state index in [9.17, 15) is 14.0 Å². The van der Waals surface area contributed by atoms with Crippen LogP contribution in [0.3, 0.4) is 0 Å². The number of amides is 2. The van der Waals surface area contributed by atoms with E-state index in [0.29, 0.717) is 32.0 Å². The number of hydrogen-bond acceptors (Lipinski definition) is 4. The van der Waals surface area contributed by atoms with E-state index in [2.05, 4.69) is 5.32 Å². The van der Waals surface area contributed by atoms with Crippen LogP contribution < -0.4 is 10.1 Å². The number of nitrogens with zero attached hydrogens (tertiary/aromatic N) is 2. The van der Waals surface area contributed by atoms with E-state index in [0.717, 1.165) is 13.1 Å². The van der Waals surface area contributed by atoms with Gasteiger partial charge in [0.2, 0.25) is 11.8 Å². The Hall–Kier alpha value is -2.15. The highest BCUT2D eigenvalue weighted by Gasteiger charge is 2.31. The Labute approximate surface area is 147 Å². The fourth-order valence-corrected chi connectivity index (χ4v) is 2.92. The second-order valence-corrected chi connectivity index (χ2v) is 5.92. The summed E-state index contributed by atoms with van der Waals surface area (Å²) >= 11 is 0. The molecular weight excluding hydrogens is 325 g/mol. The normalized spacial score (nSPS) is 17.9. The van der Waals surface area contributed by atoms with Gasteiger partial charge in [-0.3, -0.25) is 14.5 Å². The molecule has 138 valence electrons. The summed E-state index contributed by atoms with van der Waals surface area (Å²) in [5.74, 6) is 0.100. The summed E-state index contributed by atoms with van der Waals surface area (Å²) in [5.41, 5.74) is 0. The van der Waals surface area contributed by atoms with Gasteiger partial charge in [0.1, 0.15) is 18.2 Å². The van der Waals surface area contributed by atoms with Crippen molar-refractivity contribution in [2.45, 2.75) is 26.3 Å². The van der Waals surface area contributed by atoms with Crippen LogP contribution >= 0.6 is 0 Å². The van der Waals surface area contributed by atoms with Crippen molar-refractivity contribution >= 4 is 11.8 Å². The van der Waals surface area contributed by atoms with Crippen molar-refractivity contribution in [2.24, 2.45) is 0 Å². The Morgan fingerprint density at radius 2 is 2.08 bits per heavy atom. The van der Waals surface area contributed by atoms with E-state index in [1.54, 1.807) is 17.0 Å². The SMILES string of the molecule is CCN(CCOc1ccc(F)cc1)C(=O)CC1C(=O)NCCN1CC. The number of rotatable bonds is 8. The number of nitrogens with one attached hydrogen (secondary N) is 1. The summed E-state index contributed by atoms with van der Waals surface area (Å²) in [5, 5.41) is 2.82. The Kier molecular flexibility index (Phi) is 7.18. The van der Waals surface area contributed by atoms with Crippen molar-refractivity contribution in [3.8, 4) is 5.75 Å². The molecule has 0 aromatic heterocycles. The minimum absolute atomic E-state index is 0.0642. The molecule has 7 heteroatoms. The molecular formula is C18H26FN3O3. The van der Waals surface area contributed by atoms with E-state index in [1.165, 1.54) is 12.1 Å². The van der Waals surface area contributed by atoms with Crippen LogP contribution in [0, 0.1) is 5.82 Å². The third-order valence-electron chi connectivity index (χ3n) is 4.39. The molecule has 1 heterocycles. The summed E-state index contributed by atoms with van der Waals surface area (Å²) in [7, 11) is 0. The molecule has 2 amide bonds. The van der Waals surface area contributed by atoms with Crippen LogP contribution in [0.1, 0.15) is 20.3 Å². The molecule has 6 nitrogen and oxygen atoms in total. The first kappa shape index (κ1) is 19.2. The second kappa shape index (κ2) is 9.36. The van der Waals surface area contributed by atoms with Crippen LogP contribution in [0.25, 0.3) is 0 Å². The predicted molar refractivity (Wildman–Crippen MR) is 92.8 cm³/mol. The van der Waals surface area contributed by atoms with Crippen LogP contribution in [-0.2, 0) is 9.59 Å². The molecule has 0 spiro atoms. The maximum atomic E-state index is 12.9. The zero-order chi connectivity index (χ0) is 18.2. The molecule has 2 rings (SSSR count). The van der Waals surface area contributed by atoms with Crippen molar-refractivity contribution in [1.82, 2.24) is 15.1 Å². The van der Waals surface area contributed by atoms with Gasteiger partial charge < -0.3 is 15.0 Å². The van der Waals surface area contributed by atoms with Crippen LogP contribution in [-0.4, -0.2) is 67.0 Å². The second-order valence-electron chi connectivity index (χ2n) is 5.92. The van der Waals surface area contributed by atoms with Gasteiger partial charge in [0, 0.05) is 19.6 Å². The molecule has 1 aliphatic heterocycles. The van der Waals surface area contributed by atoms with Crippen molar-refractivity contribution < 1.29 is 18.7 Å². The average Bonchev–Trinajstić information content (AvgIpc) is 2.62. The first-order valence-electron chi connectivity index (χ1n) is 8.73. The summed E-state index contributed by atoms with van der Waals surface area (Å²) in [6.45, 7) is 7.31. The number of halogens is 1. The standard InChI is InChI=1S/C18H26FN3O3/c1-3-21-10-9-20-18(24)16(21)13-17(23)22(4-2)11-12-25-15-7-5-14(19)6-8-15/h5-8,16H,3-4,9-13H2,1-2H3,(H,20,24). The Balaban J connectivity index is 1.85. The van der Waals surface area contributed by atoms with Crippen LogP contribution in [0.15, 0.2) is 24.3 Å². The maximum absolute atomic E-state index is 12.9. The smallest absolute Gasteiger partial charge is 0.237 e. The third-order valence-corrected chi connectivity index (χ3v) is 4.39. The van der Waals surface area contributed by atoms with Gasteiger partial charge in [-0.15, -0.1) is 0 Å². The number of piperazine rings is 1. The topological polar surface area (TPSA) is 61.9 Å². The molecule has 0 saturated carbocycles. The lowest BCUT2D eigenvalue weighted by atomic mass is 10.1. The van der Waals surface area contributed by atoms with E-state index in [-0.39, 0.29) is 24.1 Å². The quantitative estimate of drug-likeness (QED) is 0.766. The molecule has 1 unspecified atom stereocenters.